The molecule has 0 amide bonds. The van der Waals surface area contributed by atoms with Crippen molar-refractivity contribution in [2.75, 3.05) is 32.7 Å². The molecule has 10 nitrogen and oxygen atoms in total. The molecule has 4 saturated heterocycles. The monoisotopic (exact) mass is 893 g/mol. The molecule has 0 N–H and O–H groups in total. The molecule has 0 spiro atoms. The Morgan fingerprint density at radius 3 is 2.05 bits per heavy atom. The van der Waals surface area contributed by atoms with Crippen molar-refractivity contribution in [1.82, 2.24) is 0 Å². The first-order valence-electron chi connectivity index (χ1n) is 22.6. The Morgan fingerprint density at radius 1 is 0.817 bits per heavy atom. The van der Waals surface area contributed by atoms with Gasteiger partial charge in [0.2, 0.25) is 0 Å². The van der Waals surface area contributed by atoms with E-state index in [4.69, 9.17) is 37.3 Å². The van der Waals surface area contributed by atoms with Crippen molar-refractivity contribution in [3.05, 3.63) is 54.6 Å². The number of benzene rings is 1. The molecule has 10 atom stereocenters. The lowest BCUT2D eigenvalue weighted by Gasteiger charge is -2.42. The molecule has 4 heterocycles. The maximum atomic E-state index is 14.1. The SMILES string of the molecule is C=C1C[C@H](CCC2OCCO2)O[C@H]1CC[C@H]1C[C@@H](C)C(=C)[C@@H](C[C@@H]2O[C@H](C[C@@H](CO[Si](C)(C)C(C)(C)C)O[Si](C)(C)C(C)(C)C)[C@H](OC)[C@H]2CS(=O)(=O)c2ccccc2)O1. The number of methoxy groups -OCH3 is 1. The molecule has 5 rings (SSSR count). The zero-order chi connectivity index (χ0) is 44.3. The first-order chi connectivity index (χ1) is 27.9. The van der Waals surface area contributed by atoms with Crippen LogP contribution in [0.4, 0.5) is 0 Å². The molecular formula is C47H80O10SSi2. The highest BCUT2D eigenvalue weighted by Gasteiger charge is 2.50. The van der Waals surface area contributed by atoms with Gasteiger partial charge in [-0.05, 0) is 97.6 Å². The van der Waals surface area contributed by atoms with E-state index in [1.165, 1.54) is 0 Å². The van der Waals surface area contributed by atoms with Gasteiger partial charge in [0.05, 0.1) is 79.3 Å². The molecule has 0 aliphatic carbocycles. The molecule has 1 aromatic carbocycles. The van der Waals surface area contributed by atoms with Crippen molar-refractivity contribution in [2.45, 2.75) is 196 Å². The van der Waals surface area contributed by atoms with Gasteiger partial charge in [-0.3, -0.25) is 0 Å². The van der Waals surface area contributed by atoms with Gasteiger partial charge in [-0.2, -0.15) is 0 Å². The van der Waals surface area contributed by atoms with E-state index >= 15 is 0 Å². The van der Waals surface area contributed by atoms with Crippen LogP contribution in [0.15, 0.2) is 59.5 Å². The topological polar surface area (TPSA) is 108 Å². The third kappa shape index (κ3) is 12.7. The van der Waals surface area contributed by atoms with Gasteiger partial charge in [-0.25, -0.2) is 8.42 Å². The van der Waals surface area contributed by atoms with Gasteiger partial charge in [0, 0.05) is 32.3 Å². The van der Waals surface area contributed by atoms with Crippen molar-refractivity contribution in [1.29, 1.82) is 0 Å². The van der Waals surface area contributed by atoms with Gasteiger partial charge in [-0.15, -0.1) is 0 Å². The van der Waals surface area contributed by atoms with Crippen LogP contribution in [0.3, 0.4) is 0 Å². The largest absolute Gasteiger partial charge is 0.414 e. The van der Waals surface area contributed by atoms with Crippen molar-refractivity contribution in [3.63, 3.8) is 0 Å². The first-order valence-corrected chi connectivity index (χ1v) is 30.1. The van der Waals surface area contributed by atoms with Crippen molar-refractivity contribution >= 4 is 26.5 Å². The van der Waals surface area contributed by atoms with Crippen LogP contribution in [-0.2, 0) is 47.1 Å². The minimum atomic E-state index is -3.68. The Labute approximate surface area is 366 Å². The van der Waals surface area contributed by atoms with Gasteiger partial charge in [0.1, 0.15) is 0 Å². The second-order valence-electron chi connectivity index (χ2n) is 21.1. The Hall–Kier alpha value is -1.24. The molecule has 1 aromatic rings. The highest BCUT2D eigenvalue weighted by Crippen LogP contribution is 2.44. The van der Waals surface area contributed by atoms with Gasteiger partial charge >= 0.3 is 0 Å². The maximum absolute atomic E-state index is 14.1. The van der Waals surface area contributed by atoms with Crippen LogP contribution < -0.4 is 0 Å². The highest BCUT2D eigenvalue weighted by atomic mass is 32.2. The summed E-state index contributed by atoms with van der Waals surface area (Å²) in [6.07, 6.45) is 4.23. The summed E-state index contributed by atoms with van der Waals surface area (Å²) in [4.78, 5) is 0.300. The Bertz CT molecular complexity index is 1670. The van der Waals surface area contributed by atoms with Crippen molar-refractivity contribution < 1.29 is 45.7 Å². The molecule has 4 fully saturated rings. The van der Waals surface area contributed by atoms with Crippen LogP contribution in [0, 0.1) is 11.8 Å². The zero-order valence-electron chi connectivity index (χ0n) is 39.1. The summed E-state index contributed by atoms with van der Waals surface area (Å²) in [5.41, 5.74) is 2.17. The van der Waals surface area contributed by atoms with Gasteiger partial charge in [0.15, 0.2) is 32.8 Å². The number of rotatable bonds is 19. The predicted molar refractivity (Wildman–Crippen MR) is 244 cm³/mol. The third-order valence-electron chi connectivity index (χ3n) is 14.5. The fourth-order valence-electron chi connectivity index (χ4n) is 8.65. The molecular weight excluding hydrogens is 813 g/mol. The number of ether oxygens (including phenoxy) is 6. The molecule has 0 radical (unpaired) electrons. The standard InChI is InChI=1S/C47H80O10SSi2/c1-32-26-35(20-22-40-33(2)27-36(54-40)21-23-44-51-24-25-52-44)55-41(34(32)3)29-42-39(31-58(48,49)38-18-16-15-17-19-38)45(50-10)43(56-42)28-37(57-60(13,14)47(7,8)9)30-53-59(11,12)46(4,5)6/h15-19,32,35-37,39-45H,2-3,20-31H2,1,4-14H3/t32-,35+,36+,37+,39+,40+,41-,42+,43-,45-/m1/s1. The lowest BCUT2D eigenvalue weighted by molar-refractivity contribution is -0.0791. The summed E-state index contributed by atoms with van der Waals surface area (Å²) in [5.74, 6) is -0.318. The molecule has 0 unspecified atom stereocenters. The summed E-state index contributed by atoms with van der Waals surface area (Å²) < 4.78 is 80.3. The van der Waals surface area contributed by atoms with Crippen LogP contribution >= 0.6 is 0 Å². The van der Waals surface area contributed by atoms with Crippen LogP contribution in [-0.4, -0.2) is 113 Å². The summed E-state index contributed by atoms with van der Waals surface area (Å²) in [6, 6.07) is 8.71. The number of hydrogen-bond donors (Lipinski definition) is 0. The van der Waals surface area contributed by atoms with Gasteiger partial charge in [0.25, 0.3) is 0 Å². The van der Waals surface area contributed by atoms with Crippen LogP contribution in [0.5, 0.6) is 0 Å². The van der Waals surface area contributed by atoms with Crippen molar-refractivity contribution in [2.24, 2.45) is 11.8 Å². The average Bonchev–Trinajstić information content (AvgIpc) is 3.89. The third-order valence-corrected chi connectivity index (χ3v) is 25.4. The van der Waals surface area contributed by atoms with Gasteiger partial charge < -0.3 is 37.3 Å². The smallest absolute Gasteiger partial charge is 0.192 e. The minimum Gasteiger partial charge on any atom is -0.414 e. The Balaban J connectivity index is 1.34. The normalized spacial score (nSPS) is 30.7. The van der Waals surface area contributed by atoms with E-state index in [0.717, 1.165) is 49.7 Å². The molecule has 342 valence electrons. The maximum Gasteiger partial charge on any atom is 0.192 e. The molecule has 13 heteroatoms. The van der Waals surface area contributed by atoms with Crippen LogP contribution in [0.25, 0.3) is 0 Å². The highest BCUT2D eigenvalue weighted by molar-refractivity contribution is 7.91. The zero-order valence-corrected chi connectivity index (χ0v) is 41.9. The van der Waals surface area contributed by atoms with E-state index < -0.39 is 50.7 Å². The quantitative estimate of drug-likeness (QED) is 0.0984. The minimum absolute atomic E-state index is 0.000960. The fourth-order valence-corrected chi connectivity index (χ4v) is 12.7. The Kier molecular flexibility index (Phi) is 16.8. The number of hydrogen-bond acceptors (Lipinski definition) is 10. The summed E-state index contributed by atoms with van der Waals surface area (Å²) in [6.45, 7) is 35.5. The first kappa shape index (κ1) is 49.8. The molecule has 4 aliphatic heterocycles. The molecule has 4 aliphatic rings. The molecule has 0 aromatic heterocycles. The summed E-state index contributed by atoms with van der Waals surface area (Å²) in [7, 11) is -6.36. The summed E-state index contributed by atoms with van der Waals surface area (Å²) in [5, 5.41) is 0.0203. The lowest BCUT2D eigenvalue weighted by atomic mass is 9.83. The van der Waals surface area contributed by atoms with E-state index in [9.17, 15) is 8.42 Å². The van der Waals surface area contributed by atoms with E-state index in [0.29, 0.717) is 37.6 Å². The van der Waals surface area contributed by atoms with Crippen LogP contribution in [0.1, 0.15) is 99.8 Å². The second kappa shape index (κ2) is 20.3. The lowest BCUT2D eigenvalue weighted by Crippen LogP contribution is -2.49. The molecule has 0 bridgehead atoms. The van der Waals surface area contributed by atoms with E-state index in [-0.39, 0.29) is 58.6 Å². The predicted octanol–water partition coefficient (Wildman–Crippen LogP) is 10.0. The molecule has 0 saturated carbocycles. The molecule has 60 heavy (non-hydrogen) atoms. The Morgan fingerprint density at radius 2 is 1.43 bits per heavy atom. The fraction of sp³-hybridized carbons (Fsp3) is 0.787. The summed E-state index contributed by atoms with van der Waals surface area (Å²) >= 11 is 0. The van der Waals surface area contributed by atoms with E-state index in [2.05, 4.69) is 87.8 Å². The van der Waals surface area contributed by atoms with E-state index in [1.54, 1.807) is 31.4 Å². The van der Waals surface area contributed by atoms with Crippen molar-refractivity contribution in [3.8, 4) is 0 Å². The number of sulfone groups is 1. The average molecular weight is 893 g/mol. The van der Waals surface area contributed by atoms with E-state index in [1.807, 2.05) is 6.07 Å². The van der Waals surface area contributed by atoms with Crippen LogP contribution in [0.2, 0.25) is 36.3 Å². The van der Waals surface area contributed by atoms with Gasteiger partial charge in [-0.1, -0.05) is 79.8 Å². The second-order valence-corrected chi connectivity index (χ2v) is 32.7.